The Bertz CT molecular complexity index is 1030. The number of rotatable bonds is 13. The molecule has 1 heterocycles. The number of aromatic nitrogens is 2. The number of amides is 2. The van der Waals surface area contributed by atoms with E-state index in [1.165, 1.54) is 9.47 Å². The van der Waals surface area contributed by atoms with E-state index >= 15 is 0 Å². The molecule has 0 unspecified atom stereocenters. The molecule has 1 aromatic carbocycles. The van der Waals surface area contributed by atoms with Crippen molar-refractivity contribution in [3.05, 3.63) is 56.7 Å². The van der Waals surface area contributed by atoms with Crippen LogP contribution in [0, 0.1) is 0 Å². The molecule has 33 heavy (non-hydrogen) atoms. The molecule has 0 aliphatic heterocycles. The molecule has 0 fully saturated rings. The summed E-state index contributed by atoms with van der Waals surface area (Å²) < 4.78 is 1.32. The van der Waals surface area contributed by atoms with Gasteiger partial charge in [0.05, 0.1) is 0 Å². The number of hydrogen-bond acceptors (Lipinski definition) is 5. The zero-order valence-electron chi connectivity index (χ0n) is 19.6. The van der Waals surface area contributed by atoms with Crippen LogP contribution in [-0.4, -0.2) is 34.5 Å². The molecule has 2 aromatic rings. The lowest BCUT2D eigenvalue weighted by Crippen LogP contribution is -2.41. The van der Waals surface area contributed by atoms with Crippen molar-refractivity contribution in [2.75, 3.05) is 23.7 Å². The first-order valence-corrected chi connectivity index (χ1v) is 11.7. The Morgan fingerprint density at radius 2 is 1.73 bits per heavy atom. The maximum atomic E-state index is 13.1. The zero-order chi connectivity index (χ0) is 24.2. The molecule has 9 heteroatoms. The van der Waals surface area contributed by atoms with Crippen molar-refractivity contribution in [2.24, 2.45) is 0 Å². The predicted octanol–water partition coefficient (Wildman–Crippen LogP) is 2.65. The standard InChI is InChI=1S/C24H35N5O4/c1-3-5-10-17-28(20-21(25)29(16-6-4-2)24(33)27-23(20)32)19(30)14-11-15-26-22(31)18-12-8-7-9-13-18/h7-9,12-13H,3-6,10-11,14-17,25H2,1-2H3,(H,26,31)(H,27,32,33). The average Bonchev–Trinajstić information content (AvgIpc) is 2.81. The molecule has 2 rings (SSSR count). The number of H-pyrrole nitrogens is 1. The number of anilines is 2. The van der Waals surface area contributed by atoms with E-state index < -0.39 is 11.2 Å². The highest BCUT2D eigenvalue weighted by Crippen LogP contribution is 2.19. The maximum Gasteiger partial charge on any atom is 0.330 e. The molecule has 0 spiro atoms. The maximum absolute atomic E-state index is 13.1. The van der Waals surface area contributed by atoms with Gasteiger partial charge in [0, 0.05) is 31.6 Å². The van der Waals surface area contributed by atoms with E-state index in [2.05, 4.69) is 10.3 Å². The molecular formula is C24H35N5O4. The number of nitrogens with one attached hydrogen (secondary N) is 2. The second-order valence-corrected chi connectivity index (χ2v) is 7.98. The molecule has 0 aliphatic rings. The van der Waals surface area contributed by atoms with Gasteiger partial charge in [0.15, 0.2) is 5.69 Å². The summed E-state index contributed by atoms with van der Waals surface area (Å²) in [6.45, 7) is 5.07. The summed E-state index contributed by atoms with van der Waals surface area (Å²) in [7, 11) is 0. The number of nitrogens with zero attached hydrogens (tertiary/aromatic N) is 2. The highest BCUT2D eigenvalue weighted by molar-refractivity contribution is 5.96. The van der Waals surface area contributed by atoms with Gasteiger partial charge in [-0.05, 0) is 31.4 Å². The predicted molar refractivity (Wildman–Crippen MR) is 131 cm³/mol. The van der Waals surface area contributed by atoms with Crippen LogP contribution in [0.25, 0.3) is 0 Å². The fourth-order valence-corrected chi connectivity index (χ4v) is 3.53. The SMILES string of the molecule is CCCCCN(C(=O)CCCNC(=O)c1ccccc1)c1c(N)n(CCCC)c(=O)[nH]c1=O. The Kier molecular flexibility index (Phi) is 10.4. The summed E-state index contributed by atoms with van der Waals surface area (Å²) in [4.78, 5) is 53.8. The number of benzene rings is 1. The lowest BCUT2D eigenvalue weighted by Gasteiger charge is -2.24. The first-order valence-electron chi connectivity index (χ1n) is 11.7. The van der Waals surface area contributed by atoms with Crippen molar-refractivity contribution in [3.63, 3.8) is 0 Å². The molecule has 180 valence electrons. The highest BCUT2D eigenvalue weighted by Gasteiger charge is 2.23. The van der Waals surface area contributed by atoms with Gasteiger partial charge in [0.1, 0.15) is 5.82 Å². The summed E-state index contributed by atoms with van der Waals surface area (Å²) >= 11 is 0. The summed E-state index contributed by atoms with van der Waals surface area (Å²) in [6, 6.07) is 8.85. The van der Waals surface area contributed by atoms with E-state index in [4.69, 9.17) is 5.73 Å². The van der Waals surface area contributed by atoms with Gasteiger partial charge in [-0.15, -0.1) is 0 Å². The first kappa shape index (κ1) is 25.9. The lowest BCUT2D eigenvalue weighted by atomic mass is 10.2. The summed E-state index contributed by atoms with van der Waals surface area (Å²) in [6.07, 6.45) is 4.68. The van der Waals surface area contributed by atoms with Gasteiger partial charge in [-0.1, -0.05) is 51.3 Å². The average molecular weight is 458 g/mol. The van der Waals surface area contributed by atoms with Gasteiger partial charge >= 0.3 is 5.69 Å². The van der Waals surface area contributed by atoms with Gasteiger partial charge in [0.25, 0.3) is 11.5 Å². The third-order valence-electron chi connectivity index (χ3n) is 5.39. The molecule has 0 saturated heterocycles. The minimum atomic E-state index is -0.660. The van der Waals surface area contributed by atoms with Crippen molar-refractivity contribution in [2.45, 2.75) is 65.3 Å². The molecule has 4 N–H and O–H groups in total. The largest absolute Gasteiger partial charge is 0.383 e. The van der Waals surface area contributed by atoms with Crippen LogP contribution in [-0.2, 0) is 11.3 Å². The minimum absolute atomic E-state index is 0.0134. The molecular weight excluding hydrogens is 422 g/mol. The molecule has 0 atom stereocenters. The van der Waals surface area contributed by atoms with Gasteiger partial charge < -0.3 is 16.0 Å². The number of nitrogen functional groups attached to an aromatic ring is 1. The molecule has 0 bridgehead atoms. The molecule has 0 aliphatic carbocycles. The Labute approximate surface area is 194 Å². The van der Waals surface area contributed by atoms with Crippen molar-refractivity contribution < 1.29 is 9.59 Å². The quantitative estimate of drug-likeness (QED) is 0.398. The van der Waals surface area contributed by atoms with E-state index in [1.54, 1.807) is 24.3 Å². The Balaban J connectivity index is 2.13. The normalized spacial score (nSPS) is 10.7. The van der Waals surface area contributed by atoms with Crippen molar-refractivity contribution >= 4 is 23.3 Å². The van der Waals surface area contributed by atoms with Crippen molar-refractivity contribution in [1.82, 2.24) is 14.9 Å². The van der Waals surface area contributed by atoms with Gasteiger partial charge in [-0.2, -0.15) is 0 Å². The van der Waals surface area contributed by atoms with E-state index in [-0.39, 0.29) is 29.7 Å². The van der Waals surface area contributed by atoms with E-state index in [9.17, 15) is 19.2 Å². The van der Waals surface area contributed by atoms with Crippen LogP contribution in [0.2, 0.25) is 0 Å². The second kappa shape index (κ2) is 13.2. The van der Waals surface area contributed by atoms with Crippen LogP contribution >= 0.6 is 0 Å². The van der Waals surface area contributed by atoms with Crippen LogP contribution in [0.1, 0.15) is 69.2 Å². The van der Waals surface area contributed by atoms with Crippen LogP contribution in [0.3, 0.4) is 0 Å². The Morgan fingerprint density at radius 1 is 1.03 bits per heavy atom. The van der Waals surface area contributed by atoms with Gasteiger partial charge in [-0.3, -0.25) is 23.9 Å². The van der Waals surface area contributed by atoms with Crippen LogP contribution in [0.15, 0.2) is 39.9 Å². The molecule has 1 aromatic heterocycles. The van der Waals surface area contributed by atoms with Crippen molar-refractivity contribution in [1.29, 1.82) is 0 Å². The fourth-order valence-electron chi connectivity index (χ4n) is 3.53. The minimum Gasteiger partial charge on any atom is -0.383 e. The number of carbonyl (C=O) groups is 2. The topological polar surface area (TPSA) is 130 Å². The smallest absolute Gasteiger partial charge is 0.330 e. The number of carbonyl (C=O) groups excluding carboxylic acids is 2. The van der Waals surface area contributed by atoms with Crippen LogP contribution in [0.5, 0.6) is 0 Å². The van der Waals surface area contributed by atoms with Crippen LogP contribution in [0.4, 0.5) is 11.5 Å². The van der Waals surface area contributed by atoms with E-state index in [1.807, 2.05) is 19.9 Å². The molecule has 9 nitrogen and oxygen atoms in total. The number of nitrogens with two attached hydrogens (primary N) is 1. The third kappa shape index (κ3) is 7.34. The highest BCUT2D eigenvalue weighted by atomic mass is 16.2. The first-order chi connectivity index (χ1) is 15.9. The number of aromatic amines is 1. The monoisotopic (exact) mass is 457 g/mol. The van der Waals surface area contributed by atoms with Crippen molar-refractivity contribution in [3.8, 4) is 0 Å². The van der Waals surface area contributed by atoms with Gasteiger partial charge in [0.2, 0.25) is 5.91 Å². The molecule has 2 amide bonds. The Morgan fingerprint density at radius 3 is 2.39 bits per heavy atom. The lowest BCUT2D eigenvalue weighted by molar-refractivity contribution is -0.118. The second-order valence-electron chi connectivity index (χ2n) is 7.98. The fraction of sp³-hybridized carbons (Fsp3) is 0.500. The Hall–Kier alpha value is -3.36. The van der Waals surface area contributed by atoms with Crippen LogP contribution < -0.4 is 27.2 Å². The summed E-state index contributed by atoms with van der Waals surface area (Å²) in [5.41, 5.74) is 5.57. The van der Waals surface area contributed by atoms with E-state index in [0.29, 0.717) is 38.0 Å². The van der Waals surface area contributed by atoms with E-state index in [0.717, 1.165) is 25.7 Å². The van der Waals surface area contributed by atoms with Gasteiger partial charge in [-0.25, -0.2) is 4.79 Å². The molecule has 0 saturated carbocycles. The number of unbranched alkanes of at least 4 members (excludes halogenated alkanes) is 3. The summed E-state index contributed by atoms with van der Waals surface area (Å²) in [5, 5.41) is 2.80. The number of hydrogen-bond donors (Lipinski definition) is 3. The summed E-state index contributed by atoms with van der Waals surface area (Å²) in [5.74, 6) is -0.455. The molecule has 0 radical (unpaired) electrons. The zero-order valence-corrected chi connectivity index (χ0v) is 19.6. The third-order valence-corrected chi connectivity index (χ3v) is 5.39.